The van der Waals surface area contributed by atoms with Crippen molar-refractivity contribution in [3.63, 3.8) is 0 Å². The molecule has 0 saturated carbocycles. The van der Waals surface area contributed by atoms with E-state index in [0.717, 1.165) is 16.9 Å². The van der Waals surface area contributed by atoms with E-state index >= 15 is 0 Å². The van der Waals surface area contributed by atoms with E-state index in [1.165, 1.54) is 0 Å². The summed E-state index contributed by atoms with van der Waals surface area (Å²) in [6.07, 6.45) is -0.509. The topological polar surface area (TPSA) is 41.5 Å². The van der Waals surface area contributed by atoms with E-state index in [-0.39, 0.29) is 0 Å². The molecule has 3 nitrogen and oxygen atoms in total. The van der Waals surface area contributed by atoms with Gasteiger partial charge in [0, 0.05) is 6.54 Å². The van der Waals surface area contributed by atoms with Gasteiger partial charge in [-0.25, -0.2) is 0 Å². The second kappa shape index (κ2) is 6.92. The maximum absolute atomic E-state index is 9.91. The van der Waals surface area contributed by atoms with Gasteiger partial charge in [-0.1, -0.05) is 42.5 Å². The van der Waals surface area contributed by atoms with Gasteiger partial charge in [-0.05, 0) is 30.3 Å². The molecule has 2 aromatic rings. The van der Waals surface area contributed by atoms with Crippen LogP contribution >= 0.6 is 0 Å². The lowest BCUT2D eigenvalue weighted by atomic mass is 10.1. The van der Waals surface area contributed by atoms with Crippen molar-refractivity contribution in [2.45, 2.75) is 12.7 Å². The molecule has 0 aliphatic heterocycles. The summed E-state index contributed by atoms with van der Waals surface area (Å²) in [5, 5.41) is 12.9. The minimum absolute atomic E-state index is 0.509. The quantitative estimate of drug-likeness (QED) is 0.835. The third-order valence-electron chi connectivity index (χ3n) is 2.89. The average Bonchev–Trinajstić information content (AvgIpc) is 2.47. The molecule has 1 unspecified atom stereocenters. The maximum Gasteiger partial charge on any atom is 0.120 e. The predicted octanol–water partition coefficient (Wildman–Crippen LogP) is 2.52. The van der Waals surface area contributed by atoms with Crippen LogP contribution in [0.25, 0.3) is 0 Å². The van der Waals surface area contributed by atoms with Gasteiger partial charge in [0.05, 0.1) is 6.10 Å². The number of ether oxygens (including phenoxy) is 1. The van der Waals surface area contributed by atoms with E-state index < -0.39 is 6.10 Å². The van der Waals surface area contributed by atoms with Crippen molar-refractivity contribution >= 4 is 0 Å². The summed E-state index contributed by atoms with van der Waals surface area (Å²) < 4.78 is 5.73. The van der Waals surface area contributed by atoms with Crippen molar-refractivity contribution in [2.24, 2.45) is 0 Å². The molecule has 19 heavy (non-hydrogen) atoms. The van der Waals surface area contributed by atoms with Crippen molar-refractivity contribution in [1.29, 1.82) is 0 Å². The van der Waals surface area contributed by atoms with Gasteiger partial charge in [0.2, 0.25) is 0 Å². The Kier molecular flexibility index (Phi) is 4.95. The fraction of sp³-hybridized carbons (Fsp3) is 0.250. The molecule has 0 bridgehead atoms. The number of benzene rings is 2. The highest BCUT2D eigenvalue weighted by molar-refractivity contribution is 5.30. The lowest BCUT2D eigenvalue weighted by Crippen LogP contribution is -2.16. The smallest absolute Gasteiger partial charge is 0.120 e. The fourth-order valence-electron chi connectivity index (χ4n) is 1.86. The Balaban J connectivity index is 1.99. The van der Waals surface area contributed by atoms with Crippen LogP contribution in [0.3, 0.4) is 0 Å². The average molecular weight is 257 g/mol. The monoisotopic (exact) mass is 257 g/mol. The molecule has 0 aromatic heterocycles. The molecule has 3 heteroatoms. The van der Waals surface area contributed by atoms with Crippen LogP contribution in [0.5, 0.6) is 5.75 Å². The zero-order valence-electron chi connectivity index (χ0n) is 11.0. The SMILES string of the molecule is CNCC(O)c1cccc(OCc2ccccc2)c1. The second-order valence-corrected chi connectivity index (χ2v) is 4.42. The molecular weight excluding hydrogens is 238 g/mol. The Morgan fingerprint density at radius 3 is 2.63 bits per heavy atom. The summed E-state index contributed by atoms with van der Waals surface area (Å²) >= 11 is 0. The van der Waals surface area contributed by atoms with Gasteiger partial charge in [-0.3, -0.25) is 0 Å². The van der Waals surface area contributed by atoms with Crippen LogP contribution in [-0.4, -0.2) is 18.7 Å². The van der Waals surface area contributed by atoms with E-state index in [1.807, 2.05) is 61.6 Å². The minimum atomic E-state index is -0.509. The minimum Gasteiger partial charge on any atom is -0.489 e. The van der Waals surface area contributed by atoms with Gasteiger partial charge in [0.25, 0.3) is 0 Å². The zero-order valence-corrected chi connectivity index (χ0v) is 11.0. The number of likely N-dealkylation sites (N-methyl/N-ethyl adjacent to an activating group) is 1. The Bertz CT molecular complexity index is 499. The molecule has 0 radical (unpaired) electrons. The summed E-state index contributed by atoms with van der Waals surface area (Å²) in [7, 11) is 1.82. The Hall–Kier alpha value is -1.84. The number of hydrogen-bond acceptors (Lipinski definition) is 3. The summed E-state index contributed by atoms with van der Waals surface area (Å²) in [5.41, 5.74) is 1.99. The van der Waals surface area contributed by atoms with Crippen molar-refractivity contribution in [2.75, 3.05) is 13.6 Å². The highest BCUT2D eigenvalue weighted by Gasteiger charge is 2.07. The summed E-state index contributed by atoms with van der Waals surface area (Å²) in [6, 6.07) is 17.6. The van der Waals surface area contributed by atoms with Gasteiger partial charge in [0.15, 0.2) is 0 Å². The first-order chi connectivity index (χ1) is 9.29. The van der Waals surface area contributed by atoms with Gasteiger partial charge in [-0.15, -0.1) is 0 Å². The van der Waals surface area contributed by atoms with E-state index in [4.69, 9.17) is 4.74 Å². The largest absolute Gasteiger partial charge is 0.489 e. The van der Waals surface area contributed by atoms with Crippen LogP contribution in [0, 0.1) is 0 Å². The molecule has 100 valence electrons. The molecule has 2 aromatic carbocycles. The summed E-state index contributed by atoms with van der Waals surface area (Å²) in [5.74, 6) is 0.775. The first-order valence-electron chi connectivity index (χ1n) is 6.39. The molecule has 0 aliphatic rings. The third kappa shape index (κ3) is 4.09. The number of hydrogen-bond donors (Lipinski definition) is 2. The maximum atomic E-state index is 9.91. The zero-order chi connectivity index (χ0) is 13.5. The highest BCUT2D eigenvalue weighted by Crippen LogP contribution is 2.19. The molecular formula is C16H19NO2. The van der Waals surface area contributed by atoms with Gasteiger partial charge < -0.3 is 15.2 Å². The molecule has 0 saturated heterocycles. The van der Waals surface area contributed by atoms with E-state index in [0.29, 0.717) is 13.2 Å². The van der Waals surface area contributed by atoms with Crippen LogP contribution in [0.2, 0.25) is 0 Å². The van der Waals surface area contributed by atoms with Crippen LogP contribution < -0.4 is 10.1 Å². The van der Waals surface area contributed by atoms with E-state index in [9.17, 15) is 5.11 Å². The molecule has 0 heterocycles. The van der Waals surface area contributed by atoms with Gasteiger partial charge in [-0.2, -0.15) is 0 Å². The second-order valence-electron chi connectivity index (χ2n) is 4.42. The number of rotatable bonds is 6. The Labute approximate surface area is 113 Å². The Morgan fingerprint density at radius 1 is 1.11 bits per heavy atom. The van der Waals surface area contributed by atoms with Crippen molar-refractivity contribution in [3.05, 3.63) is 65.7 Å². The number of aliphatic hydroxyl groups is 1. The van der Waals surface area contributed by atoms with Crippen molar-refractivity contribution < 1.29 is 9.84 Å². The normalized spacial score (nSPS) is 12.1. The molecule has 0 aliphatic carbocycles. The lowest BCUT2D eigenvalue weighted by Gasteiger charge is -2.12. The summed E-state index contributed by atoms with van der Waals surface area (Å²) in [6.45, 7) is 1.06. The molecule has 0 amide bonds. The fourth-order valence-corrected chi connectivity index (χ4v) is 1.86. The number of aliphatic hydroxyl groups excluding tert-OH is 1. The first kappa shape index (κ1) is 13.6. The molecule has 2 rings (SSSR count). The van der Waals surface area contributed by atoms with Crippen LogP contribution in [0.1, 0.15) is 17.2 Å². The van der Waals surface area contributed by atoms with Crippen molar-refractivity contribution in [3.8, 4) is 5.75 Å². The van der Waals surface area contributed by atoms with E-state index in [1.54, 1.807) is 0 Å². The number of nitrogens with one attached hydrogen (secondary N) is 1. The summed E-state index contributed by atoms with van der Waals surface area (Å²) in [4.78, 5) is 0. The Morgan fingerprint density at radius 2 is 1.89 bits per heavy atom. The third-order valence-corrected chi connectivity index (χ3v) is 2.89. The molecule has 0 fully saturated rings. The predicted molar refractivity (Wildman–Crippen MR) is 76.1 cm³/mol. The van der Waals surface area contributed by atoms with E-state index in [2.05, 4.69) is 5.32 Å². The molecule has 0 spiro atoms. The van der Waals surface area contributed by atoms with Crippen LogP contribution in [0.15, 0.2) is 54.6 Å². The lowest BCUT2D eigenvalue weighted by molar-refractivity contribution is 0.177. The standard InChI is InChI=1S/C16H19NO2/c1-17-11-16(18)14-8-5-9-15(10-14)19-12-13-6-3-2-4-7-13/h2-10,16-18H,11-12H2,1H3. The van der Waals surface area contributed by atoms with Crippen molar-refractivity contribution in [1.82, 2.24) is 5.32 Å². The molecule has 2 N–H and O–H groups in total. The van der Waals surface area contributed by atoms with Crippen LogP contribution in [-0.2, 0) is 6.61 Å². The van der Waals surface area contributed by atoms with Crippen LogP contribution in [0.4, 0.5) is 0 Å². The highest BCUT2D eigenvalue weighted by atomic mass is 16.5. The van der Waals surface area contributed by atoms with Gasteiger partial charge in [0.1, 0.15) is 12.4 Å². The molecule has 1 atom stereocenters. The van der Waals surface area contributed by atoms with Gasteiger partial charge >= 0.3 is 0 Å². The first-order valence-corrected chi connectivity index (χ1v) is 6.39.